The van der Waals surface area contributed by atoms with Gasteiger partial charge in [-0.15, -0.1) is 11.6 Å². The zero-order valence-electron chi connectivity index (χ0n) is 9.49. The number of rotatable bonds is 2. The molecule has 1 aliphatic rings. The number of aliphatic hydroxyl groups excluding tert-OH is 1. The van der Waals surface area contributed by atoms with Gasteiger partial charge >= 0.3 is 0 Å². The molecule has 0 spiro atoms. The average molecular weight is 359 g/mol. The van der Waals surface area contributed by atoms with Gasteiger partial charge in [-0.25, -0.2) is 4.39 Å². The Hall–Kier alpha value is -0.466. The van der Waals surface area contributed by atoms with Gasteiger partial charge in [0.2, 0.25) is 0 Å². The molecule has 0 aromatic carbocycles. The molecule has 1 radical (unpaired) electrons. The van der Waals surface area contributed by atoms with Gasteiger partial charge < -0.3 is 24.4 Å². The summed E-state index contributed by atoms with van der Waals surface area (Å²) >= 11 is 5.82. The first-order chi connectivity index (χ1) is 8.70. The van der Waals surface area contributed by atoms with E-state index in [-0.39, 0.29) is 44.5 Å². The Balaban J connectivity index is 0.00000133. The van der Waals surface area contributed by atoms with E-state index in [0.717, 1.165) is 0 Å². The van der Waals surface area contributed by atoms with Crippen LogP contribution in [-0.2, 0) is 37.4 Å². The number of ether oxygens (including phenoxy) is 1. The Bertz CT molecular complexity index is 635. The minimum Gasteiger partial charge on any atom is -0.393 e. The van der Waals surface area contributed by atoms with Crippen LogP contribution in [-0.4, -0.2) is 37.3 Å². The maximum absolute atomic E-state index is 13.7. The van der Waals surface area contributed by atoms with E-state index in [1.54, 1.807) is 0 Å². The molecule has 2 aromatic heterocycles. The van der Waals surface area contributed by atoms with Crippen LogP contribution in [0.2, 0.25) is 5.15 Å². The Morgan fingerprint density at radius 2 is 2.32 bits per heavy atom. The fraction of sp³-hybridized carbons (Fsp3) is 0.300. The van der Waals surface area contributed by atoms with Crippen molar-refractivity contribution in [1.29, 1.82) is 0 Å². The first-order valence-electron chi connectivity index (χ1n) is 5.10. The van der Waals surface area contributed by atoms with Crippen LogP contribution in [0.5, 0.6) is 0 Å². The Morgan fingerprint density at radius 3 is 3.00 bits per heavy atom. The van der Waals surface area contributed by atoms with Gasteiger partial charge in [0, 0.05) is 49.7 Å². The summed E-state index contributed by atoms with van der Waals surface area (Å²) in [6.07, 6.45) is 3.26. The number of imidazole rings is 1. The van der Waals surface area contributed by atoms with E-state index >= 15 is 0 Å². The molecule has 3 heterocycles. The van der Waals surface area contributed by atoms with Gasteiger partial charge in [0.15, 0.2) is 6.23 Å². The molecule has 0 unspecified atom stereocenters. The van der Waals surface area contributed by atoms with Gasteiger partial charge in [0.05, 0.1) is 18.6 Å². The molecule has 9 heteroatoms. The molecule has 6 nitrogen and oxygen atoms in total. The number of halogens is 2. The van der Waals surface area contributed by atoms with Crippen LogP contribution in [0, 0.1) is 6.33 Å². The Kier molecular flexibility index (Phi) is 4.63. The third-order valence-electron chi connectivity index (χ3n) is 2.58. The predicted octanol–water partition coefficient (Wildman–Crippen LogP) is 1.02. The van der Waals surface area contributed by atoms with Gasteiger partial charge in [0.25, 0.3) is 0 Å². The van der Waals surface area contributed by atoms with Crippen LogP contribution in [0.15, 0.2) is 18.2 Å². The summed E-state index contributed by atoms with van der Waals surface area (Å²) < 4.78 is 20.4. The molecule has 0 amide bonds. The van der Waals surface area contributed by atoms with E-state index in [1.807, 2.05) is 0 Å². The molecule has 1 aliphatic heterocycles. The minimum atomic E-state index is -0.994. The summed E-state index contributed by atoms with van der Waals surface area (Å²) in [4.78, 5) is 11.5. The molecular weight excluding hydrogens is 351 g/mol. The van der Waals surface area contributed by atoms with Crippen LogP contribution in [0.25, 0.3) is 11.2 Å². The molecule has 1 N–H and O–H groups in total. The third-order valence-corrected chi connectivity index (χ3v) is 2.85. The number of aliphatic hydroxyl groups is 1. The van der Waals surface area contributed by atoms with Gasteiger partial charge in [-0.1, -0.05) is 0 Å². The average Bonchev–Trinajstić information content (AvgIpc) is 2.93. The smallest absolute Gasteiger partial charge is 0.179 e. The predicted molar refractivity (Wildman–Crippen MR) is 59.4 cm³/mol. The number of hydrogen-bond donors (Lipinski definition) is 1. The summed E-state index contributed by atoms with van der Waals surface area (Å²) in [6.45, 7) is -0.293. The zero-order valence-corrected chi connectivity index (χ0v) is 13.1. The van der Waals surface area contributed by atoms with Crippen LogP contribution in [0.4, 0.5) is 4.39 Å². The largest absolute Gasteiger partial charge is 0.393 e. The topological polar surface area (TPSA) is 73.1 Å². The monoisotopic (exact) mass is 358 g/mol. The molecular formula is C10H7ClFN4O2Y-. The van der Waals surface area contributed by atoms with Gasteiger partial charge in [-0.2, -0.15) is 0 Å². The van der Waals surface area contributed by atoms with Crippen molar-refractivity contribution in [3.63, 3.8) is 0 Å². The van der Waals surface area contributed by atoms with Crippen molar-refractivity contribution < 1.29 is 46.9 Å². The third kappa shape index (κ3) is 2.58. The molecule has 97 valence electrons. The summed E-state index contributed by atoms with van der Waals surface area (Å²) in [7, 11) is 0. The van der Waals surface area contributed by atoms with Crippen LogP contribution >= 0.6 is 11.6 Å². The number of aromatic nitrogens is 4. The fourth-order valence-corrected chi connectivity index (χ4v) is 1.95. The van der Waals surface area contributed by atoms with Crippen molar-refractivity contribution in [2.45, 2.75) is 12.3 Å². The zero-order chi connectivity index (χ0) is 12.7. The van der Waals surface area contributed by atoms with Crippen molar-refractivity contribution >= 4 is 22.8 Å². The van der Waals surface area contributed by atoms with Crippen molar-refractivity contribution in [2.75, 3.05) is 6.61 Å². The van der Waals surface area contributed by atoms with Crippen molar-refractivity contribution in [2.24, 2.45) is 0 Å². The second-order valence-corrected chi connectivity index (χ2v) is 4.06. The molecule has 3 rings (SSSR count). The first-order valence-corrected chi connectivity index (χ1v) is 5.48. The Morgan fingerprint density at radius 1 is 1.53 bits per heavy atom. The van der Waals surface area contributed by atoms with Crippen LogP contribution < -0.4 is 0 Å². The summed E-state index contributed by atoms with van der Waals surface area (Å²) in [5, 5.41) is 9.08. The van der Waals surface area contributed by atoms with E-state index in [4.69, 9.17) is 21.4 Å². The molecule has 2 aromatic rings. The van der Waals surface area contributed by atoms with E-state index in [9.17, 15) is 4.39 Å². The van der Waals surface area contributed by atoms with Gasteiger partial charge in [-0.3, -0.25) is 4.98 Å². The normalized spacial score (nSPS) is 22.4. The van der Waals surface area contributed by atoms with Gasteiger partial charge in [-0.05, 0) is 6.08 Å². The molecule has 0 aliphatic carbocycles. The van der Waals surface area contributed by atoms with Gasteiger partial charge in [0.1, 0.15) is 11.9 Å². The molecule has 0 fully saturated rings. The summed E-state index contributed by atoms with van der Waals surface area (Å²) in [6, 6.07) is 0. The number of hydrogen-bond acceptors (Lipinski definition) is 5. The minimum absolute atomic E-state index is 0. The SMILES string of the molecule is OC[C@H]1C=C(F)[C@H](n2cnc3c(Cl)n[c-]nc32)O1.[Y]. The second-order valence-electron chi connectivity index (χ2n) is 3.70. The molecule has 0 saturated carbocycles. The maximum atomic E-state index is 13.7. The molecule has 19 heavy (non-hydrogen) atoms. The van der Waals surface area contributed by atoms with E-state index < -0.39 is 18.2 Å². The molecule has 0 saturated heterocycles. The number of fused-ring (bicyclic) bond motifs is 1. The summed E-state index contributed by atoms with van der Waals surface area (Å²) in [5.41, 5.74) is 0.668. The molecule has 0 bridgehead atoms. The van der Waals surface area contributed by atoms with Crippen molar-refractivity contribution in [3.8, 4) is 0 Å². The van der Waals surface area contributed by atoms with E-state index in [1.165, 1.54) is 17.0 Å². The van der Waals surface area contributed by atoms with Crippen LogP contribution in [0.1, 0.15) is 6.23 Å². The Labute approximate surface area is 137 Å². The van der Waals surface area contributed by atoms with Crippen molar-refractivity contribution in [1.82, 2.24) is 19.5 Å². The fourth-order valence-electron chi connectivity index (χ4n) is 1.78. The van der Waals surface area contributed by atoms with E-state index in [0.29, 0.717) is 11.2 Å². The number of nitrogens with zero attached hydrogens (tertiary/aromatic N) is 4. The maximum Gasteiger partial charge on any atom is 0.179 e. The standard InChI is InChI=1S/C10H7ClFN4O2.Y/c11-8-7-9(14-3-13-8)16(4-15-7)10-6(12)1-5(2-17)18-10;/h1,4-5,10,17H,2H2;/q-1;/t5-,10-;/m1./s1. The van der Waals surface area contributed by atoms with Crippen molar-refractivity contribution in [3.05, 3.63) is 29.7 Å². The van der Waals surface area contributed by atoms with Crippen LogP contribution in [0.3, 0.4) is 0 Å². The summed E-state index contributed by atoms with van der Waals surface area (Å²) in [5.74, 6) is -0.511. The second kappa shape index (κ2) is 5.89. The first kappa shape index (κ1) is 14.9. The quantitative estimate of drug-likeness (QED) is 0.641. The van der Waals surface area contributed by atoms with E-state index in [2.05, 4.69) is 21.3 Å². The molecule has 2 atom stereocenters.